The van der Waals surface area contributed by atoms with E-state index in [1.54, 1.807) is 12.1 Å². The van der Waals surface area contributed by atoms with Gasteiger partial charge in [0.1, 0.15) is 11.4 Å². The van der Waals surface area contributed by atoms with E-state index in [4.69, 9.17) is 11.6 Å². The molecule has 1 saturated heterocycles. The quantitative estimate of drug-likeness (QED) is 0.812. The normalized spacial score (nSPS) is 20.9. The van der Waals surface area contributed by atoms with Gasteiger partial charge in [-0.1, -0.05) is 30.3 Å². The highest BCUT2D eigenvalue weighted by Gasteiger charge is 2.26. The summed E-state index contributed by atoms with van der Waals surface area (Å²) in [6.45, 7) is 0.675. The molecule has 1 heterocycles. The standard InChI is InChI=1S/C13H15ClN2O2/c14-11(9-5-2-1-3-6-9)13(18)16-10-7-4-8-15-12(10)17/h1-3,5-6,10-11H,4,7-8H2,(H,15,17)(H,16,18). The molecule has 2 unspecified atom stereocenters. The Hall–Kier alpha value is -1.55. The minimum atomic E-state index is -0.763. The van der Waals surface area contributed by atoms with E-state index in [0.29, 0.717) is 13.0 Å². The first-order valence-corrected chi connectivity index (χ1v) is 6.39. The summed E-state index contributed by atoms with van der Waals surface area (Å²) < 4.78 is 0. The van der Waals surface area contributed by atoms with E-state index in [1.165, 1.54) is 0 Å². The first kappa shape index (κ1) is 12.9. The molecule has 96 valence electrons. The van der Waals surface area contributed by atoms with Crippen LogP contribution in [0.5, 0.6) is 0 Å². The minimum Gasteiger partial charge on any atom is -0.354 e. The summed E-state index contributed by atoms with van der Waals surface area (Å²) >= 11 is 6.08. The molecule has 4 nitrogen and oxygen atoms in total. The van der Waals surface area contributed by atoms with E-state index in [0.717, 1.165) is 12.0 Å². The van der Waals surface area contributed by atoms with Crippen LogP contribution >= 0.6 is 11.6 Å². The van der Waals surface area contributed by atoms with Crippen molar-refractivity contribution >= 4 is 23.4 Å². The first-order chi connectivity index (χ1) is 8.68. The van der Waals surface area contributed by atoms with Crippen LogP contribution in [0, 0.1) is 0 Å². The van der Waals surface area contributed by atoms with Crippen LogP contribution in [0.4, 0.5) is 0 Å². The molecule has 18 heavy (non-hydrogen) atoms. The summed E-state index contributed by atoms with van der Waals surface area (Å²) in [4.78, 5) is 23.5. The van der Waals surface area contributed by atoms with E-state index in [9.17, 15) is 9.59 Å². The SMILES string of the molecule is O=C1NCCCC1NC(=O)C(Cl)c1ccccc1. The van der Waals surface area contributed by atoms with Crippen molar-refractivity contribution in [1.82, 2.24) is 10.6 Å². The lowest BCUT2D eigenvalue weighted by Crippen LogP contribution is -2.50. The van der Waals surface area contributed by atoms with Gasteiger partial charge in [0.15, 0.2) is 0 Å². The first-order valence-electron chi connectivity index (χ1n) is 5.95. The summed E-state index contributed by atoms with van der Waals surface area (Å²) in [6.07, 6.45) is 1.53. The van der Waals surface area contributed by atoms with E-state index >= 15 is 0 Å². The van der Waals surface area contributed by atoms with Crippen LogP contribution in [0.1, 0.15) is 23.8 Å². The van der Waals surface area contributed by atoms with Crippen LogP contribution < -0.4 is 10.6 Å². The third-order valence-electron chi connectivity index (χ3n) is 2.92. The summed E-state index contributed by atoms with van der Waals surface area (Å²) in [5, 5.41) is 4.64. The molecule has 0 radical (unpaired) electrons. The van der Waals surface area contributed by atoms with Crippen LogP contribution in [0.3, 0.4) is 0 Å². The van der Waals surface area contributed by atoms with Gasteiger partial charge in [-0.05, 0) is 18.4 Å². The van der Waals surface area contributed by atoms with E-state index < -0.39 is 11.4 Å². The van der Waals surface area contributed by atoms with Crippen LogP contribution in [0.25, 0.3) is 0 Å². The number of hydrogen-bond acceptors (Lipinski definition) is 2. The van der Waals surface area contributed by atoms with Crippen molar-refractivity contribution in [2.75, 3.05) is 6.54 Å². The molecule has 1 fully saturated rings. The smallest absolute Gasteiger partial charge is 0.243 e. The van der Waals surface area contributed by atoms with Crippen LogP contribution in [0.2, 0.25) is 0 Å². The van der Waals surface area contributed by atoms with Gasteiger partial charge in [-0.3, -0.25) is 9.59 Å². The number of carbonyl (C=O) groups excluding carboxylic acids is 2. The highest BCUT2D eigenvalue weighted by molar-refractivity contribution is 6.30. The number of hydrogen-bond donors (Lipinski definition) is 2. The number of benzene rings is 1. The molecular formula is C13H15ClN2O2. The topological polar surface area (TPSA) is 58.2 Å². The Morgan fingerprint density at radius 2 is 2.11 bits per heavy atom. The van der Waals surface area contributed by atoms with Crippen LogP contribution in [-0.2, 0) is 9.59 Å². The van der Waals surface area contributed by atoms with Crippen LogP contribution in [-0.4, -0.2) is 24.4 Å². The zero-order valence-electron chi connectivity index (χ0n) is 9.86. The number of nitrogens with one attached hydrogen (secondary N) is 2. The summed E-state index contributed by atoms with van der Waals surface area (Å²) in [5.41, 5.74) is 0.730. The molecule has 2 atom stereocenters. The molecule has 2 N–H and O–H groups in total. The lowest BCUT2D eigenvalue weighted by molar-refractivity contribution is -0.130. The fourth-order valence-corrected chi connectivity index (χ4v) is 2.14. The Kier molecular flexibility index (Phi) is 4.20. The number of rotatable bonds is 3. The Labute approximate surface area is 111 Å². The predicted molar refractivity (Wildman–Crippen MR) is 69.2 cm³/mol. The molecule has 0 spiro atoms. The highest BCUT2D eigenvalue weighted by Crippen LogP contribution is 2.20. The van der Waals surface area contributed by atoms with Gasteiger partial charge in [-0.25, -0.2) is 0 Å². The number of carbonyl (C=O) groups is 2. The predicted octanol–water partition coefficient (Wildman–Crippen LogP) is 1.36. The van der Waals surface area contributed by atoms with Crippen molar-refractivity contribution in [1.29, 1.82) is 0 Å². The molecule has 2 amide bonds. The third kappa shape index (κ3) is 3.01. The Morgan fingerprint density at radius 1 is 1.39 bits per heavy atom. The number of alkyl halides is 1. The number of halogens is 1. The van der Waals surface area contributed by atoms with Gasteiger partial charge in [0, 0.05) is 6.54 Å². The maximum atomic E-state index is 11.9. The van der Waals surface area contributed by atoms with E-state index in [2.05, 4.69) is 10.6 Å². The molecule has 5 heteroatoms. The number of amides is 2. The van der Waals surface area contributed by atoms with Gasteiger partial charge >= 0.3 is 0 Å². The largest absolute Gasteiger partial charge is 0.354 e. The Bertz CT molecular complexity index is 436. The fraction of sp³-hybridized carbons (Fsp3) is 0.385. The molecule has 0 saturated carbocycles. The molecule has 1 aliphatic rings. The maximum Gasteiger partial charge on any atom is 0.243 e. The molecule has 2 rings (SSSR count). The summed E-state index contributed by atoms with van der Waals surface area (Å²) in [5.74, 6) is -0.462. The third-order valence-corrected chi connectivity index (χ3v) is 3.37. The maximum absolute atomic E-state index is 11.9. The van der Waals surface area contributed by atoms with Crippen molar-refractivity contribution in [2.24, 2.45) is 0 Å². The van der Waals surface area contributed by atoms with Crippen molar-refractivity contribution in [3.05, 3.63) is 35.9 Å². The molecule has 0 bridgehead atoms. The van der Waals surface area contributed by atoms with Crippen molar-refractivity contribution < 1.29 is 9.59 Å². The zero-order chi connectivity index (χ0) is 13.0. The van der Waals surface area contributed by atoms with Gasteiger partial charge in [0.25, 0.3) is 0 Å². The lowest BCUT2D eigenvalue weighted by Gasteiger charge is -2.23. The second-order valence-electron chi connectivity index (χ2n) is 4.27. The summed E-state index contributed by atoms with van der Waals surface area (Å²) in [6, 6.07) is 8.63. The average Bonchev–Trinajstić information content (AvgIpc) is 2.41. The highest BCUT2D eigenvalue weighted by atomic mass is 35.5. The van der Waals surface area contributed by atoms with Crippen molar-refractivity contribution in [3.63, 3.8) is 0 Å². The van der Waals surface area contributed by atoms with E-state index in [-0.39, 0.29) is 11.8 Å². The van der Waals surface area contributed by atoms with Gasteiger partial charge < -0.3 is 10.6 Å². The fourth-order valence-electron chi connectivity index (χ4n) is 1.93. The Balaban J connectivity index is 1.97. The van der Waals surface area contributed by atoms with Crippen LogP contribution in [0.15, 0.2) is 30.3 Å². The zero-order valence-corrected chi connectivity index (χ0v) is 10.6. The second-order valence-corrected chi connectivity index (χ2v) is 4.70. The Morgan fingerprint density at radius 3 is 2.78 bits per heavy atom. The molecule has 1 aliphatic heterocycles. The van der Waals surface area contributed by atoms with E-state index in [1.807, 2.05) is 18.2 Å². The van der Waals surface area contributed by atoms with Gasteiger partial charge in [-0.2, -0.15) is 0 Å². The van der Waals surface area contributed by atoms with Gasteiger partial charge in [-0.15, -0.1) is 11.6 Å². The second kappa shape index (κ2) is 5.87. The van der Waals surface area contributed by atoms with Crippen molar-refractivity contribution in [3.8, 4) is 0 Å². The monoisotopic (exact) mass is 266 g/mol. The molecule has 1 aromatic carbocycles. The molecular weight excluding hydrogens is 252 g/mol. The van der Waals surface area contributed by atoms with Crippen molar-refractivity contribution in [2.45, 2.75) is 24.3 Å². The average molecular weight is 267 g/mol. The molecule has 0 aromatic heterocycles. The molecule has 1 aromatic rings. The molecule has 0 aliphatic carbocycles. The number of piperidine rings is 1. The lowest BCUT2D eigenvalue weighted by atomic mass is 10.1. The van der Waals surface area contributed by atoms with Gasteiger partial charge in [0.05, 0.1) is 0 Å². The van der Waals surface area contributed by atoms with Gasteiger partial charge in [0.2, 0.25) is 11.8 Å². The minimum absolute atomic E-state index is 0.133. The summed E-state index contributed by atoms with van der Waals surface area (Å²) in [7, 11) is 0.